The van der Waals surface area contributed by atoms with Gasteiger partial charge in [0, 0.05) is 11.1 Å². The Balaban J connectivity index is 2.04. The zero-order chi connectivity index (χ0) is 15.7. The molecular weight excluding hydrogens is 278 g/mol. The van der Waals surface area contributed by atoms with Crippen LogP contribution in [0.5, 0.6) is 5.75 Å². The lowest BCUT2D eigenvalue weighted by Crippen LogP contribution is -2.38. The van der Waals surface area contributed by atoms with Crippen molar-refractivity contribution in [2.75, 3.05) is 18.1 Å². The molecule has 0 saturated heterocycles. The van der Waals surface area contributed by atoms with Gasteiger partial charge in [-0.3, -0.25) is 9.59 Å². The monoisotopic (exact) mass is 295 g/mol. The molecule has 0 unspecified atom stereocenters. The number of ketones is 1. The molecule has 0 saturated carbocycles. The maximum Gasteiger partial charge on any atom is 0.258 e. The van der Waals surface area contributed by atoms with Crippen molar-refractivity contribution in [2.24, 2.45) is 0 Å². The second kappa shape index (κ2) is 5.64. The van der Waals surface area contributed by atoms with Crippen LogP contribution in [0.15, 0.2) is 42.5 Å². The van der Waals surface area contributed by atoms with Crippen molar-refractivity contribution in [1.82, 2.24) is 0 Å². The first-order valence-electron chi connectivity index (χ1n) is 7.23. The van der Waals surface area contributed by atoms with Gasteiger partial charge < -0.3 is 9.64 Å². The van der Waals surface area contributed by atoms with Crippen LogP contribution in [0, 0.1) is 6.92 Å². The van der Waals surface area contributed by atoms with Crippen molar-refractivity contribution >= 4 is 17.4 Å². The molecule has 1 aliphatic rings. The zero-order valence-corrected chi connectivity index (χ0v) is 12.6. The number of fused-ring (bicyclic) bond motifs is 1. The lowest BCUT2D eigenvalue weighted by Gasteiger charge is -2.30. The number of hydrogen-bond acceptors (Lipinski definition) is 3. The normalized spacial score (nSPS) is 13.3. The number of carbonyl (C=O) groups excluding carboxylic acids is 2. The minimum Gasteiger partial charge on any atom is -0.490 e. The molecule has 4 nitrogen and oxygen atoms in total. The van der Waals surface area contributed by atoms with Crippen LogP contribution in [0.1, 0.15) is 33.2 Å². The standard InChI is InChI=1S/C18H17NO3/c1-12-5-3-4-6-15(12)18(21)19-9-10-22-17-8-7-14(13(2)20)11-16(17)19/h3-8,11H,9-10H2,1-2H3. The molecule has 2 aromatic carbocycles. The average Bonchev–Trinajstić information content (AvgIpc) is 2.53. The highest BCUT2D eigenvalue weighted by Crippen LogP contribution is 2.33. The molecule has 0 spiro atoms. The van der Waals surface area contributed by atoms with Crippen molar-refractivity contribution in [3.63, 3.8) is 0 Å². The topological polar surface area (TPSA) is 46.6 Å². The van der Waals surface area contributed by atoms with E-state index in [9.17, 15) is 9.59 Å². The van der Waals surface area contributed by atoms with E-state index in [-0.39, 0.29) is 11.7 Å². The van der Waals surface area contributed by atoms with Gasteiger partial charge in [-0.15, -0.1) is 0 Å². The van der Waals surface area contributed by atoms with E-state index >= 15 is 0 Å². The third-order valence-corrected chi connectivity index (χ3v) is 3.85. The van der Waals surface area contributed by atoms with E-state index in [1.54, 1.807) is 23.1 Å². The fourth-order valence-electron chi connectivity index (χ4n) is 2.61. The van der Waals surface area contributed by atoms with E-state index in [2.05, 4.69) is 0 Å². The highest BCUT2D eigenvalue weighted by molar-refractivity contribution is 6.08. The molecule has 0 bridgehead atoms. The fraction of sp³-hybridized carbons (Fsp3) is 0.222. The number of hydrogen-bond donors (Lipinski definition) is 0. The summed E-state index contributed by atoms with van der Waals surface area (Å²) in [6.45, 7) is 4.35. The summed E-state index contributed by atoms with van der Waals surface area (Å²) >= 11 is 0. The average molecular weight is 295 g/mol. The van der Waals surface area contributed by atoms with Crippen LogP contribution in [-0.4, -0.2) is 24.8 Å². The number of ether oxygens (including phenoxy) is 1. The number of carbonyl (C=O) groups is 2. The summed E-state index contributed by atoms with van der Waals surface area (Å²) < 4.78 is 5.60. The van der Waals surface area contributed by atoms with Gasteiger partial charge in [-0.25, -0.2) is 0 Å². The molecule has 112 valence electrons. The van der Waals surface area contributed by atoms with Gasteiger partial charge in [-0.1, -0.05) is 18.2 Å². The largest absolute Gasteiger partial charge is 0.490 e. The van der Waals surface area contributed by atoms with E-state index in [4.69, 9.17) is 4.74 Å². The van der Waals surface area contributed by atoms with Gasteiger partial charge in [0.15, 0.2) is 5.78 Å². The number of aryl methyl sites for hydroxylation is 1. The SMILES string of the molecule is CC(=O)c1ccc2c(c1)N(C(=O)c1ccccc1C)CCO2. The minimum absolute atomic E-state index is 0.0309. The molecule has 0 fully saturated rings. The van der Waals surface area contributed by atoms with Crippen molar-refractivity contribution in [2.45, 2.75) is 13.8 Å². The van der Waals surface area contributed by atoms with Crippen LogP contribution in [0.4, 0.5) is 5.69 Å². The zero-order valence-electron chi connectivity index (χ0n) is 12.6. The maximum absolute atomic E-state index is 12.8. The Bertz CT molecular complexity index is 752. The summed E-state index contributed by atoms with van der Waals surface area (Å²) in [6.07, 6.45) is 0. The summed E-state index contributed by atoms with van der Waals surface area (Å²) in [7, 11) is 0. The number of benzene rings is 2. The second-order valence-electron chi connectivity index (χ2n) is 5.36. The van der Waals surface area contributed by atoms with Gasteiger partial charge in [0.25, 0.3) is 5.91 Å². The lowest BCUT2D eigenvalue weighted by molar-refractivity contribution is 0.0972. The molecule has 4 heteroatoms. The molecule has 1 aliphatic heterocycles. The van der Waals surface area contributed by atoms with Crippen molar-refractivity contribution in [3.05, 3.63) is 59.2 Å². The molecule has 0 N–H and O–H groups in total. The molecular formula is C18H17NO3. The van der Waals surface area contributed by atoms with Crippen LogP contribution in [-0.2, 0) is 0 Å². The Morgan fingerprint density at radius 2 is 1.91 bits per heavy atom. The third-order valence-electron chi connectivity index (χ3n) is 3.85. The van der Waals surface area contributed by atoms with Gasteiger partial charge in [0.2, 0.25) is 0 Å². The Labute approximate surface area is 129 Å². The first-order chi connectivity index (χ1) is 10.6. The fourth-order valence-corrected chi connectivity index (χ4v) is 2.61. The number of anilines is 1. The van der Waals surface area contributed by atoms with Crippen molar-refractivity contribution in [1.29, 1.82) is 0 Å². The molecule has 0 aromatic heterocycles. The number of nitrogens with zero attached hydrogens (tertiary/aromatic N) is 1. The molecule has 3 rings (SSSR count). The molecule has 22 heavy (non-hydrogen) atoms. The molecule has 0 radical (unpaired) electrons. The Morgan fingerprint density at radius 3 is 2.64 bits per heavy atom. The molecule has 0 aliphatic carbocycles. The highest BCUT2D eigenvalue weighted by atomic mass is 16.5. The number of rotatable bonds is 2. The summed E-state index contributed by atoms with van der Waals surface area (Å²) in [5.74, 6) is 0.540. The van der Waals surface area contributed by atoms with E-state index in [1.807, 2.05) is 31.2 Å². The second-order valence-corrected chi connectivity index (χ2v) is 5.36. The summed E-state index contributed by atoms with van der Waals surface area (Å²) in [5, 5.41) is 0. The van der Waals surface area contributed by atoms with Gasteiger partial charge in [0.05, 0.1) is 12.2 Å². The van der Waals surface area contributed by atoms with Gasteiger partial charge in [-0.2, -0.15) is 0 Å². The molecule has 1 heterocycles. The number of Topliss-reactive ketones (excluding diaryl/α,β-unsaturated/α-hetero) is 1. The maximum atomic E-state index is 12.8. The van der Waals surface area contributed by atoms with Gasteiger partial charge in [-0.05, 0) is 43.7 Å². The predicted octanol–water partition coefficient (Wildman–Crippen LogP) is 3.24. The molecule has 1 amide bonds. The van der Waals surface area contributed by atoms with Crippen LogP contribution in [0.3, 0.4) is 0 Å². The van der Waals surface area contributed by atoms with E-state index in [0.717, 1.165) is 5.56 Å². The van der Waals surface area contributed by atoms with Gasteiger partial charge >= 0.3 is 0 Å². The van der Waals surface area contributed by atoms with Gasteiger partial charge in [0.1, 0.15) is 12.4 Å². The Hall–Kier alpha value is -2.62. The summed E-state index contributed by atoms with van der Waals surface area (Å²) in [6, 6.07) is 12.7. The molecule has 2 aromatic rings. The molecule has 0 atom stereocenters. The number of amides is 1. The lowest BCUT2D eigenvalue weighted by atomic mass is 10.1. The van der Waals surface area contributed by atoms with Crippen molar-refractivity contribution < 1.29 is 14.3 Å². The Kier molecular flexibility index (Phi) is 3.67. The van der Waals surface area contributed by atoms with Crippen molar-refractivity contribution in [3.8, 4) is 5.75 Å². The van der Waals surface area contributed by atoms with Crippen LogP contribution < -0.4 is 9.64 Å². The first kappa shape index (κ1) is 14.3. The highest BCUT2D eigenvalue weighted by Gasteiger charge is 2.26. The Morgan fingerprint density at radius 1 is 1.14 bits per heavy atom. The summed E-state index contributed by atoms with van der Waals surface area (Å²) in [5.41, 5.74) is 2.84. The van der Waals surface area contributed by atoms with E-state index in [0.29, 0.717) is 35.7 Å². The van der Waals surface area contributed by atoms with Crippen LogP contribution in [0.2, 0.25) is 0 Å². The van der Waals surface area contributed by atoms with E-state index in [1.165, 1.54) is 6.92 Å². The smallest absolute Gasteiger partial charge is 0.258 e. The quantitative estimate of drug-likeness (QED) is 0.799. The van der Waals surface area contributed by atoms with E-state index < -0.39 is 0 Å². The first-order valence-corrected chi connectivity index (χ1v) is 7.23. The minimum atomic E-state index is -0.0663. The van der Waals surface area contributed by atoms with Crippen LogP contribution >= 0.6 is 0 Å². The predicted molar refractivity (Wildman–Crippen MR) is 84.8 cm³/mol. The third kappa shape index (κ3) is 2.48. The van der Waals surface area contributed by atoms with Crippen LogP contribution in [0.25, 0.3) is 0 Å². The summed E-state index contributed by atoms with van der Waals surface area (Å²) in [4.78, 5) is 26.1.